The molecular formula is C22H48N2O2. The zero-order chi connectivity index (χ0) is 20.1. The first-order chi connectivity index (χ1) is 12.5. The highest BCUT2D eigenvalue weighted by atomic mass is 16.5. The van der Waals surface area contributed by atoms with Crippen LogP contribution in [0.3, 0.4) is 0 Å². The maximum atomic E-state index is 11.1. The molecule has 0 saturated carbocycles. The number of nitrogens with two attached hydrogens (primary N) is 1. The lowest BCUT2D eigenvalue weighted by molar-refractivity contribution is -0.875. The second kappa shape index (κ2) is 20.7. The predicted octanol–water partition coefficient (Wildman–Crippen LogP) is 6.31. The van der Waals surface area contributed by atoms with Crippen LogP contribution < -0.4 is 5.73 Å². The number of nitrogens with zero attached hydrogens (tertiary/aromatic N) is 1. The molecule has 4 heteroatoms. The number of quaternary nitrogens is 1. The van der Waals surface area contributed by atoms with Crippen LogP contribution in [0.5, 0.6) is 0 Å². The summed E-state index contributed by atoms with van der Waals surface area (Å²) in [5, 5.41) is 11.1. The number of rotatable bonds is 17. The number of hydrogen-bond acceptors (Lipinski definition) is 2. The van der Waals surface area contributed by atoms with Crippen LogP contribution in [0, 0.1) is 5.21 Å². The summed E-state index contributed by atoms with van der Waals surface area (Å²) >= 11 is 0. The van der Waals surface area contributed by atoms with Gasteiger partial charge in [0.05, 0.1) is 19.6 Å². The van der Waals surface area contributed by atoms with Crippen LogP contribution in [-0.4, -0.2) is 30.2 Å². The number of carbonyl (C=O) groups excluding carboxylic acids is 1. The van der Waals surface area contributed by atoms with Crippen molar-refractivity contribution < 1.29 is 9.44 Å². The average molecular weight is 373 g/mol. The molecule has 0 aliphatic carbocycles. The molecule has 0 rings (SSSR count). The van der Waals surface area contributed by atoms with E-state index in [1.165, 1.54) is 77.0 Å². The molecule has 0 bridgehead atoms. The van der Waals surface area contributed by atoms with Crippen molar-refractivity contribution in [2.75, 3.05) is 19.6 Å². The Labute approximate surface area is 164 Å². The summed E-state index contributed by atoms with van der Waals surface area (Å²) in [6.45, 7) is 10.2. The SMILES string of the molecule is CCCCCCCCCCCCCCCC(N)=O.CC[N+]([O-])(CC)CC. The van der Waals surface area contributed by atoms with Gasteiger partial charge >= 0.3 is 0 Å². The molecule has 0 atom stereocenters. The van der Waals surface area contributed by atoms with Gasteiger partial charge in [-0.2, -0.15) is 0 Å². The maximum absolute atomic E-state index is 11.1. The monoisotopic (exact) mass is 372 g/mol. The third-order valence-electron chi connectivity index (χ3n) is 5.26. The highest BCUT2D eigenvalue weighted by Crippen LogP contribution is 2.12. The first-order valence-electron chi connectivity index (χ1n) is 11.3. The van der Waals surface area contributed by atoms with Gasteiger partial charge in [-0.3, -0.25) is 4.79 Å². The molecule has 0 radical (unpaired) electrons. The molecule has 0 aromatic rings. The minimum Gasteiger partial charge on any atom is -0.633 e. The van der Waals surface area contributed by atoms with Crippen molar-refractivity contribution in [3.63, 3.8) is 0 Å². The molecule has 0 aromatic heterocycles. The Kier molecular flexibility index (Phi) is 22.0. The lowest BCUT2D eigenvalue weighted by Crippen LogP contribution is -2.41. The summed E-state index contributed by atoms with van der Waals surface area (Å²) in [6, 6.07) is 0. The van der Waals surface area contributed by atoms with Gasteiger partial charge in [-0.05, 0) is 27.2 Å². The van der Waals surface area contributed by atoms with Crippen molar-refractivity contribution in [1.82, 2.24) is 0 Å². The maximum Gasteiger partial charge on any atom is 0.217 e. The van der Waals surface area contributed by atoms with Gasteiger partial charge in [-0.25, -0.2) is 0 Å². The quantitative estimate of drug-likeness (QED) is 0.184. The third kappa shape index (κ3) is 21.4. The number of carbonyl (C=O) groups is 1. The van der Waals surface area contributed by atoms with Crippen molar-refractivity contribution in [2.24, 2.45) is 5.73 Å². The Morgan fingerprint density at radius 1 is 0.654 bits per heavy atom. The van der Waals surface area contributed by atoms with Crippen LogP contribution in [0.1, 0.15) is 118 Å². The lowest BCUT2D eigenvalue weighted by Gasteiger charge is -2.39. The summed E-state index contributed by atoms with van der Waals surface area (Å²) in [5.74, 6) is -0.155. The minimum atomic E-state index is -0.155. The van der Waals surface area contributed by atoms with E-state index in [-0.39, 0.29) is 10.6 Å². The molecule has 0 fully saturated rings. The zero-order valence-electron chi connectivity index (χ0n) is 18.4. The third-order valence-corrected chi connectivity index (χ3v) is 5.26. The molecule has 158 valence electrons. The molecule has 0 heterocycles. The molecule has 0 aliphatic heterocycles. The fourth-order valence-electron chi connectivity index (χ4n) is 2.99. The van der Waals surface area contributed by atoms with E-state index in [9.17, 15) is 10.0 Å². The van der Waals surface area contributed by atoms with Gasteiger partial charge in [-0.1, -0.05) is 84.0 Å². The Morgan fingerprint density at radius 2 is 0.962 bits per heavy atom. The summed E-state index contributed by atoms with van der Waals surface area (Å²) in [7, 11) is 0. The molecule has 0 unspecified atom stereocenters. The Bertz CT molecular complexity index is 284. The summed E-state index contributed by atoms with van der Waals surface area (Å²) < 4.78 is -0.0417. The molecule has 26 heavy (non-hydrogen) atoms. The largest absolute Gasteiger partial charge is 0.633 e. The second-order valence-electron chi connectivity index (χ2n) is 7.47. The van der Waals surface area contributed by atoms with E-state index < -0.39 is 0 Å². The molecule has 4 nitrogen and oxygen atoms in total. The van der Waals surface area contributed by atoms with Crippen molar-refractivity contribution in [3.8, 4) is 0 Å². The van der Waals surface area contributed by atoms with Crippen LogP contribution >= 0.6 is 0 Å². The topological polar surface area (TPSA) is 66.2 Å². The summed E-state index contributed by atoms with van der Waals surface area (Å²) in [6.07, 6.45) is 17.9. The van der Waals surface area contributed by atoms with E-state index in [2.05, 4.69) is 6.92 Å². The number of hydroxylamine groups is 3. The zero-order valence-corrected chi connectivity index (χ0v) is 18.4. The van der Waals surface area contributed by atoms with E-state index in [1.54, 1.807) is 0 Å². The average Bonchev–Trinajstić information content (AvgIpc) is 2.65. The predicted molar refractivity (Wildman–Crippen MR) is 115 cm³/mol. The Hall–Kier alpha value is -0.610. The molecule has 1 amide bonds. The van der Waals surface area contributed by atoms with Crippen LogP contribution in [0.4, 0.5) is 0 Å². The van der Waals surface area contributed by atoms with Crippen molar-refractivity contribution in [3.05, 3.63) is 5.21 Å². The van der Waals surface area contributed by atoms with E-state index in [0.29, 0.717) is 26.1 Å². The first kappa shape index (κ1) is 27.6. The van der Waals surface area contributed by atoms with Gasteiger partial charge < -0.3 is 15.6 Å². The minimum absolute atomic E-state index is 0.0417. The van der Waals surface area contributed by atoms with Crippen molar-refractivity contribution >= 4 is 5.91 Å². The van der Waals surface area contributed by atoms with E-state index in [0.717, 1.165) is 6.42 Å². The van der Waals surface area contributed by atoms with E-state index >= 15 is 0 Å². The molecule has 0 spiro atoms. The highest BCUT2D eigenvalue weighted by Gasteiger charge is 2.05. The van der Waals surface area contributed by atoms with Gasteiger partial charge in [0.15, 0.2) is 0 Å². The van der Waals surface area contributed by atoms with Gasteiger partial charge in [-0.15, -0.1) is 0 Å². The van der Waals surface area contributed by atoms with Crippen molar-refractivity contribution in [2.45, 2.75) is 118 Å². The number of unbranched alkanes of at least 4 members (excludes halogenated alkanes) is 12. The van der Waals surface area contributed by atoms with Gasteiger partial charge in [0, 0.05) is 6.42 Å². The Balaban J connectivity index is 0. The van der Waals surface area contributed by atoms with Gasteiger partial charge in [0.1, 0.15) is 0 Å². The first-order valence-corrected chi connectivity index (χ1v) is 11.3. The van der Waals surface area contributed by atoms with Crippen LogP contribution in [-0.2, 0) is 4.79 Å². The summed E-state index contributed by atoms with van der Waals surface area (Å²) in [4.78, 5) is 10.5. The van der Waals surface area contributed by atoms with Crippen LogP contribution in [0.25, 0.3) is 0 Å². The van der Waals surface area contributed by atoms with Gasteiger partial charge in [0.25, 0.3) is 0 Å². The molecule has 0 aromatic carbocycles. The molecule has 0 saturated heterocycles. The van der Waals surface area contributed by atoms with Crippen LogP contribution in [0.15, 0.2) is 0 Å². The van der Waals surface area contributed by atoms with Gasteiger partial charge in [0.2, 0.25) is 5.91 Å². The summed E-state index contributed by atoms with van der Waals surface area (Å²) in [5.41, 5.74) is 5.09. The van der Waals surface area contributed by atoms with E-state index in [4.69, 9.17) is 5.73 Å². The fourth-order valence-corrected chi connectivity index (χ4v) is 2.99. The Morgan fingerprint density at radius 3 is 1.19 bits per heavy atom. The number of amides is 1. The number of hydrogen-bond donors (Lipinski definition) is 1. The normalized spacial score (nSPS) is 11.1. The second-order valence-corrected chi connectivity index (χ2v) is 7.47. The van der Waals surface area contributed by atoms with E-state index in [1.807, 2.05) is 20.8 Å². The van der Waals surface area contributed by atoms with Crippen LogP contribution in [0.2, 0.25) is 0 Å². The number of primary amides is 1. The molecule has 2 N–H and O–H groups in total. The smallest absolute Gasteiger partial charge is 0.217 e. The lowest BCUT2D eigenvalue weighted by atomic mass is 10.0. The molecular weight excluding hydrogens is 324 g/mol. The molecule has 0 aliphatic rings. The fraction of sp³-hybridized carbons (Fsp3) is 0.955. The standard InChI is InChI=1S/C16H33NO.C6H15NO/c1-2-3-4-5-6-7-8-9-10-11-12-13-14-15-16(17)18;1-4-7(8,5-2)6-3/h2-15H2,1H3,(H2,17,18);4-6H2,1-3H3. The van der Waals surface area contributed by atoms with Crippen molar-refractivity contribution in [1.29, 1.82) is 0 Å². The highest BCUT2D eigenvalue weighted by molar-refractivity contribution is 5.73.